The van der Waals surface area contributed by atoms with Crippen molar-refractivity contribution in [3.8, 4) is 0 Å². The Morgan fingerprint density at radius 2 is 1.91 bits per heavy atom. The Kier molecular flexibility index (Phi) is 4.78. The van der Waals surface area contributed by atoms with Crippen molar-refractivity contribution in [3.63, 3.8) is 0 Å². The largest absolute Gasteiger partial charge is 0.369 e. The predicted octanol–water partition coefficient (Wildman–Crippen LogP) is 2.73. The summed E-state index contributed by atoms with van der Waals surface area (Å²) in [6.07, 6.45) is 7.14. The van der Waals surface area contributed by atoms with Gasteiger partial charge in [-0.2, -0.15) is 0 Å². The Bertz CT molecular complexity index is 530. The number of allylic oxidation sites excluding steroid dienone is 2. The van der Waals surface area contributed by atoms with Gasteiger partial charge in [0.05, 0.1) is 0 Å². The molecule has 118 valence electrons. The Morgan fingerprint density at radius 3 is 2.55 bits per heavy atom. The molecular weight excluding hydrogens is 274 g/mol. The molecule has 4 nitrogen and oxygen atoms in total. The number of carbonyl (C=O) groups is 1. The standard InChI is InChI=1S/C18H25N3O/c1-20-10-12-21(13-11-20)17-8-6-16(7-9-17)19-18(22)14-15-4-2-3-5-15/h2,4,6-9,15H,3,5,10-14H2,1H3,(H,19,22)/t15-/m1/s1. The van der Waals surface area contributed by atoms with Gasteiger partial charge in [-0.25, -0.2) is 0 Å². The predicted molar refractivity (Wildman–Crippen MR) is 91.3 cm³/mol. The molecule has 1 atom stereocenters. The number of amides is 1. The highest BCUT2D eigenvalue weighted by Crippen LogP contribution is 2.22. The van der Waals surface area contributed by atoms with E-state index in [9.17, 15) is 4.79 Å². The average molecular weight is 299 g/mol. The van der Waals surface area contributed by atoms with Crippen LogP contribution < -0.4 is 10.2 Å². The van der Waals surface area contributed by atoms with Crippen LogP contribution in [0.4, 0.5) is 11.4 Å². The zero-order valence-corrected chi connectivity index (χ0v) is 13.3. The van der Waals surface area contributed by atoms with Crippen molar-refractivity contribution in [2.24, 2.45) is 5.92 Å². The third-order valence-electron chi connectivity index (χ3n) is 4.58. The Balaban J connectivity index is 1.52. The summed E-state index contributed by atoms with van der Waals surface area (Å²) in [6.45, 7) is 4.34. The number of anilines is 2. The number of nitrogens with one attached hydrogen (secondary N) is 1. The summed E-state index contributed by atoms with van der Waals surface area (Å²) in [4.78, 5) is 16.8. The van der Waals surface area contributed by atoms with Gasteiger partial charge in [0.2, 0.25) is 5.91 Å². The van der Waals surface area contributed by atoms with Crippen LogP contribution >= 0.6 is 0 Å². The minimum atomic E-state index is 0.115. The number of benzene rings is 1. The molecule has 0 unspecified atom stereocenters. The van der Waals surface area contributed by atoms with Gasteiger partial charge < -0.3 is 15.1 Å². The quantitative estimate of drug-likeness (QED) is 0.868. The molecule has 1 saturated heterocycles. The van der Waals surface area contributed by atoms with E-state index in [0.29, 0.717) is 12.3 Å². The first-order chi connectivity index (χ1) is 10.7. The molecule has 0 saturated carbocycles. The third-order valence-corrected chi connectivity index (χ3v) is 4.58. The SMILES string of the molecule is CN1CCN(c2ccc(NC(=O)C[C@@H]3C=CCC3)cc2)CC1. The highest BCUT2D eigenvalue weighted by Gasteiger charge is 2.15. The van der Waals surface area contributed by atoms with E-state index < -0.39 is 0 Å². The molecule has 3 rings (SSSR count). The monoisotopic (exact) mass is 299 g/mol. The van der Waals surface area contributed by atoms with Crippen LogP contribution in [0.5, 0.6) is 0 Å². The number of likely N-dealkylation sites (N-methyl/N-ethyl adjacent to an activating group) is 1. The molecule has 1 fully saturated rings. The van der Waals surface area contributed by atoms with E-state index in [4.69, 9.17) is 0 Å². The molecule has 1 N–H and O–H groups in total. The average Bonchev–Trinajstić information content (AvgIpc) is 3.02. The smallest absolute Gasteiger partial charge is 0.224 e. The van der Waals surface area contributed by atoms with E-state index in [-0.39, 0.29) is 5.91 Å². The fourth-order valence-electron chi connectivity index (χ4n) is 3.14. The van der Waals surface area contributed by atoms with Crippen molar-refractivity contribution in [3.05, 3.63) is 36.4 Å². The molecule has 4 heteroatoms. The van der Waals surface area contributed by atoms with Crippen LogP contribution in [0, 0.1) is 5.92 Å². The molecule has 0 spiro atoms. The maximum Gasteiger partial charge on any atom is 0.224 e. The lowest BCUT2D eigenvalue weighted by atomic mass is 10.1. The number of carbonyl (C=O) groups excluding carboxylic acids is 1. The van der Waals surface area contributed by atoms with Crippen molar-refractivity contribution < 1.29 is 4.79 Å². The van der Waals surface area contributed by atoms with E-state index >= 15 is 0 Å². The summed E-state index contributed by atoms with van der Waals surface area (Å²) in [6, 6.07) is 8.24. The lowest BCUT2D eigenvalue weighted by Crippen LogP contribution is -2.44. The van der Waals surface area contributed by atoms with Crippen LogP contribution in [0.25, 0.3) is 0 Å². The molecule has 0 bridgehead atoms. The van der Waals surface area contributed by atoms with Crippen LogP contribution in [0.3, 0.4) is 0 Å². The van der Waals surface area contributed by atoms with E-state index in [1.54, 1.807) is 0 Å². The van der Waals surface area contributed by atoms with Gasteiger partial charge in [0, 0.05) is 44.0 Å². The first-order valence-corrected chi connectivity index (χ1v) is 8.21. The fraction of sp³-hybridized carbons (Fsp3) is 0.500. The number of piperazine rings is 1. The number of hydrogen-bond donors (Lipinski definition) is 1. The minimum absolute atomic E-state index is 0.115. The van der Waals surface area contributed by atoms with Gasteiger partial charge in [-0.3, -0.25) is 4.79 Å². The van der Waals surface area contributed by atoms with Crippen molar-refractivity contribution in [2.45, 2.75) is 19.3 Å². The first kappa shape index (κ1) is 15.1. The molecule has 0 radical (unpaired) electrons. The zero-order valence-electron chi connectivity index (χ0n) is 13.3. The van der Waals surface area contributed by atoms with Crippen molar-refractivity contribution in [2.75, 3.05) is 43.4 Å². The summed E-state index contributed by atoms with van der Waals surface area (Å²) in [5.74, 6) is 0.536. The Morgan fingerprint density at radius 1 is 1.18 bits per heavy atom. The van der Waals surface area contributed by atoms with E-state index in [0.717, 1.165) is 44.7 Å². The molecule has 22 heavy (non-hydrogen) atoms. The van der Waals surface area contributed by atoms with Gasteiger partial charge in [0.1, 0.15) is 0 Å². The number of rotatable bonds is 4. The van der Waals surface area contributed by atoms with Crippen LogP contribution in [-0.4, -0.2) is 44.0 Å². The van der Waals surface area contributed by atoms with Crippen LogP contribution in [0.1, 0.15) is 19.3 Å². The minimum Gasteiger partial charge on any atom is -0.369 e. The van der Waals surface area contributed by atoms with Gasteiger partial charge >= 0.3 is 0 Å². The maximum absolute atomic E-state index is 12.0. The van der Waals surface area contributed by atoms with Crippen LogP contribution in [0.2, 0.25) is 0 Å². The second-order valence-electron chi connectivity index (χ2n) is 6.36. The zero-order chi connectivity index (χ0) is 15.4. The molecule has 1 aromatic carbocycles. The summed E-state index contributed by atoms with van der Waals surface area (Å²) >= 11 is 0. The second-order valence-corrected chi connectivity index (χ2v) is 6.36. The van der Waals surface area contributed by atoms with E-state index in [1.165, 1.54) is 5.69 Å². The highest BCUT2D eigenvalue weighted by molar-refractivity contribution is 5.91. The molecule has 1 amide bonds. The topological polar surface area (TPSA) is 35.6 Å². The summed E-state index contributed by atoms with van der Waals surface area (Å²) in [5.41, 5.74) is 2.13. The fourth-order valence-corrected chi connectivity index (χ4v) is 3.14. The number of hydrogen-bond acceptors (Lipinski definition) is 3. The first-order valence-electron chi connectivity index (χ1n) is 8.21. The molecule has 1 aromatic rings. The van der Waals surface area contributed by atoms with Gasteiger partial charge in [0.15, 0.2) is 0 Å². The maximum atomic E-state index is 12.0. The normalized spacial score (nSPS) is 22.0. The third kappa shape index (κ3) is 3.89. The lowest BCUT2D eigenvalue weighted by Gasteiger charge is -2.34. The molecule has 2 aliphatic rings. The highest BCUT2D eigenvalue weighted by atomic mass is 16.1. The Labute approximate surface area is 132 Å². The van der Waals surface area contributed by atoms with E-state index in [2.05, 4.69) is 46.4 Å². The molecule has 1 aliphatic heterocycles. The van der Waals surface area contributed by atoms with Crippen LogP contribution in [-0.2, 0) is 4.79 Å². The number of nitrogens with zero attached hydrogens (tertiary/aromatic N) is 2. The van der Waals surface area contributed by atoms with Gasteiger partial charge in [-0.15, -0.1) is 0 Å². The van der Waals surface area contributed by atoms with E-state index in [1.807, 2.05) is 12.1 Å². The molecular formula is C18H25N3O. The lowest BCUT2D eigenvalue weighted by molar-refractivity contribution is -0.116. The van der Waals surface area contributed by atoms with Crippen LogP contribution in [0.15, 0.2) is 36.4 Å². The molecule has 1 heterocycles. The van der Waals surface area contributed by atoms with Crippen molar-refractivity contribution in [1.29, 1.82) is 0 Å². The molecule has 1 aliphatic carbocycles. The van der Waals surface area contributed by atoms with Crippen molar-refractivity contribution >= 4 is 17.3 Å². The summed E-state index contributed by atoms with van der Waals surface area (Å²) < 4.78 is 0. The molecule has 0 aromatic heterocycles. The summed E-state index contributed by atoms with van der Waals surface area (Å²) in [5, 5.41) is 3.01. The van der Waals surface area contributed by atoms with Crippen molar-refractivity contribution in [1.82, 2.24) is 4.90 Å². The summed E-state index contributed by atoms with van der Waals surface area (Å²) in [7, 11) is 2.16. The van der Waals surface area contributed by atoms with Gasteiger partial charge in [-0.05, 0) is 50.1 Å². The second kappa shape index (κ2) is 6.97. The van der Waals surface area contributed by atoms with Gasteiger partial charge in [-0.1, -0.05) is 12.2 Å². The Hall–Kier alpha value is -1.81. The van der Waals surface area contributed by atoms with Gasteiger partial charge in [0.25, 0.3) is 0 Å².